The molecule has 20 heavy (non-hydrogen) atoms. The van der Waals surface area contributed by atoms with Gasteiger partial charge in [-0.05, 0) is 24.3 Å². The van der Waals surface area contributed by atoms with Gasteiger partial charge in [0.25, 0.3) is 0 Å². The van der Waals surface area contributed by atoms with Gasteiger partial charge in [-0.1, -0.05) is 26.2 Å². The van der Waals surface area contributed by atoms with Gasteiger partial charge >= 0.3 is 0 Å². The summed E-state index contributed by atoms with van der Waals surface area (Å²) in [5, 5.41) is 0. The minimum absolute atomic E-state index is 0.380. The highest BCUT2D eigenvalue weighted by Crippen LogP contribution is 2.38. The Hall–Kier alpha value is -1.84. The van der Waals surface area contributed by atoms with Crippen LogP contribution in [0.1, 0.15) is 39.0 Å². The van der Waals surface area contributed by atoms with Crippen LogP contribution in [0.15, 0.2) is 31.0 Å². The van der Waals surface area contributed by atoms with Gasteiger partial charge in [0.1, 0.15) is 0 Å². The number of aromatic nitrogens is 3. The molecular weight excluding hydrogens is 248 g/mol. The average Bonchev–Trinajstić information content (AvgIpc) is 2.87. The van der Waals surface area contributed by atoms with Crippen molar-refractivity contribution in [2.45, 2.75) is 45.6 Å². The Bertz CT molecular complexity index is 582. The van der Waals surface area contributed by atoms with Gasteiger partial charge in [-0.25, -0.2) is 4.98 Å². The lowest BCUT2D eigenvalue weighted by Crippen LogP contribution is -2.26. The van der Waals surface area contributed by atoms with Crippen LogP contribution < -0.4 is 5.73 Å². The monoisotopic (exact) mass is 270 g/mol. The average molecular weight is 270 g/mol. The van der Waals surface area contributed by atoms with Crippen LogP contribution in [0.5, 0.6) is 0 Å². The fourth-order valence-electron chi connectivity index (χ4n) is 3.26. The summed E-state index contributed by atoms with van der Waals surface area (Å²) in [6, 6.07) is 1.84. The summed E-state index contributed by atoms with van der Waals surface area (Å²) in [6.07, 6.45) is 14.0. The van der Waals surface area contributed by atoms with Gasteiger partial charge in [-0.15, -0.1) is 0 Å². The number of nitrogens with two attached hydrogens (primary N) is 1. The van der Waals surface area contributed by atoms with E-state index in [2.05, 4.69) is 21.5 Å². The summed E-state index contributed by atoms with van der Waals surface area (Å²) in [5.74, 6) is 0. The molecular formula is C16H22N4. The van der Waals surface area contributed by atoms with Crippen molar-refractivity contribution in [3.8, 4) is 11.3 Å². The summed E-state index contributed by atoms with van der Waals surface area (Å²) in [6.45, 7) is 3.40. The highest BCUT2D eigenvalue weighted by molar-refractivity contribution is 5.72. The summed E-state index contributed by atoms with van der Waals surface area (Å²) in [7, 11) is 0. The van der Waals surface area contributed by atoms with Gasteiger partial charge in [-0.2, -0.15) is 0 Å². The summed E-state index contributed by atoms with van der Waals surface area (Å²) >= 11 is 0. The van der Waals surface area contributed by atoms with Crippen molar-refractivity contribution in [2.24, 2.45) is 5.41 Å². The molecule has 4 nitrogen and oxygen atoms in total. The highest BCUT2D eigenvalue weighted by Gasteiger charge is 2.28. The molecule has 1 saturated carbocycles. The van der Waals surface area contributed by atoms with E-state index in [0.29, 0.717) is 5.41 Å². The molecule has 1 aliphatic rings. The van der Waals surface area contributed by atoms with E-state index in [1.54, 1.807) is 6.20 Å². The molecule has 0 unspecified atom stereocenters. The van der Waals surface area contributed by atoms with E-state index in [9.17, 15) is 0 Å². The Morgan fingerprint density at radius 2 is 2.00 bits per heavy atom. The van der Waals surface area contributed by atoms with Crippen LogP contribution in [-0.2, 0) is 6.54 Å². The fraction of sp³-hybridized carbons (Fsp3) is 0.500. The van der Waals surface area contributed by atoms with Gasteiger partial charge in [0.15, 0.2) is 0 Å². The van der Waals surface area contributed by atoms with Crippen LogP contribution in [0.4, 0.5) is 5.69 Å². The Morgan fingerprint density at radius 3 is 2.75 bits per heavy atom. The van der Waals surface area contributed by atoms with Crippen LogP contribution in [0.25, 0.3) is 11.3 Å². The third kappa shape index (κ3) is 2.55. The Morgan fingerprint density at radius 1 is 1.20 bits per heavy atom. The van der Waals surface area contributed by atoms with Gasteiger partial charge in [0, 0.05) is 30.2 Å². The number of hydrogen-bond donors (Lipinski definition) is 1. The third-order valence-electron chi connectivity index (χ3n) is 4.46. The number of nitrogens with zero attached hydrogens (tertiary/aromatic N) is 3. The van der Waals surface area contributed by atoms with E-state index >= 15 is 0 Å². The molecule has 0 radical (unpaired) electrons. The van der Waals surface area contributed by atoms with Crippen molar-refractivity contribution in [1.82, 2.24) is 14.5 Å². The maximum atomic E-state index is 6.07. The van der Waals surface area contributed by atoms with E-state index in [4.69, 9.17) is 5.73 Å². The number of anilines is 1. The van der Waals surface area contributed by atoms with E-state index in [1.807, 2.05) is 24.8 Å². The summed E-state index contributed by atoms with van der Waals surface area (Å²) in [4.78, 5) is 8.50. The molecule has 2 aromatic heterocycles. The van der Waals surface area contributed by atoms with Crippen molar-refractivity contribution in [2.75, 3.05) is 5.73 Å². The molecule has 3 rings (SSSR count). The molecule has 2 aromatic rings. The molecule has 0 spiro atoms. The first-order valence-electron chi connectivity index (χ1n) is 7.38. The molecule has 2 heterocycles. The lowest BCUT2D eigenvalue weighted by molar-refractivity contribution is 0.184. The maximum absolute atomic E-state index is 6.07. The molecule has 4 heteroatoms. The first-order valence-corrected chi connectivity index (χ1v) is 7.38. The molecule has 106 valence electrons. The lowest BCUT2D eigenvalue weighted by Gasteiger charge is -2.34. The highest BCUT2D eigenvalue weighted by atomic mass is 15.1. The van der Waals surface area contributed by atoms with Gasteiger partial charge in [0.2, 0.25) is 0 Å². The SMILES string of the molecule is CC1(Cn2cncc2-c2cnccc2N)CCCCC1. The topological polar surface area (TPSA) is 56.7 Å². The molecule has 0 saturated heterocycles. The van der Waals surface area contributed by atoms with Crippen LogP contribution in [-0.4, -0.2) is 14.5 Å². The number of rotatable bonds is 3. The van der Waals surface area contributed by atoms with Crippen LogP contribution in [0, 0.1) is 5.41 Å². The Balaban J connectivity index is 1.89. The second-order valence-electron chi connectivity index (χ2n) is 6.24. The standard InChI is InChI=1S/C16H22N4/c1-16(6-3-2-4-7-16)11-20-12-19-10-15(20)13-9-18-8-5-14(13)17/h5,8-10,12H,2-4,6-7,11H2,1H3,(H2,17,18). The zero-order chi connectivity index (χ0) is 14.0. The van der Waals surface area contributed by atoms with E-state index in [0.717, 1.165) is 23.5 Å². The van der Waals surface area contributed by atoms with Crippen molar-refractivity contribution in [3.63, 3.8) is 0 Å². The maximum Gasteiger partial charge on any atom is 0.0951 e. The fourth-order valence-corrected chi connectivity index (χ4v) is 3.26. The molecule has 0 amide bonds. The van der Waals surface area contributed by atoms with Crippen molar-refractivity contribution >= 4 is 5.69 Å². The van der Waals surface area contributed by atoms with Gasteiger partial charge in [0.05, 0.1) is 18.2 Å². The second kappa shape index (κ2) is 5.27. The predicted octanol–water partition coefficient (Wildman–Crippen LogP) is 3.50. The van der Waals surface area contributed by atoms with E-state index < -0.39 is 0 Å². The van der Waals surface area contributed by atoms with E-state index in [-0.39, 0.29) is 0 Å². The second-order valence-corrected chi connectivity index (χ2v) is 6.24. The molecule has 0 aliphatic heterocycles. The minimum Gasteiger partial charge on any atom is -0.398 e. The number of imidazole rings is 1. The minimum atomic E-state index is 0.380. The van der Waals surface area contributed by atoms with Crippen molar-refractivity contribution in [1.29, 1.82) is 0 Å². The van der Waals surface area contributed by atoms with Crippen LogP contribution in [0.3, 0.4) is 0 Å². The van der Waals surface area contributed by atoms with E-state index in [1.165, 1.54) is 32.1 Å². The predicted molar refractivity (Wildman–Crippen MR) is 81.1 cm³/mol. The zero-order valence-electron chi connectivity index (χ0n) is 12.0. The van der Waals surface area contributed by atoms with Gasteiger partial charge in [-0.3, -0.25) is 4.98 Å². The summed E-state index contributed by atoms with van der Waals surface area (Å²) in [5.41, 5.74) is 9.25. The lowest BCUT2D eigenvalue weighted by atomic mass is 9.75. The molecule has 0 bridgehead atoms. The molecule has 0 aromatic carbocycles. The third-order valence-corrected chi connectivity index (χ3v) is 4.46. The first-order chi connectivity index (χ1) is 9.68. The quantitative estimate of drug-likeness (QED) is 0.928. The first kappa shape index (κ1) is 13.2. The summed E-state index contributed by atoms with van der Waals surface area (Å²) < 4.78 is 2.23. The van der Waals surface area contributed by atoms with Crippen LogP contribution >= 0.6 is 0 Å². The van der Waals surface area contributed by atoms with Crippen molar-refractivity contribution < 1.29 is 0 Å². The Kier molecular flexibility index (Phi) is 3.47. The number of nitrogen functional groups attached to an aromatic ring is 1. The number of hydrogen-bond acceptors (Lipinski definition) is 3. The molecule has 0 atom stereocenters. The van der Waals surface area contributed by atoms with Crippen molar-refractivity contribution in [3.05, 3.63) is 31.0 Å². The molecule has 1 fully saturated rings. The normalized spacial score (nSPS) is 18.1. The largest absolute Gasteiger partial charge is 0.398 e. The van der Waals surface area contributed by atoms with Gasteiger partial charge < -0.3 is 10.3 Å². The van der Waals surface area contributed by atoms with Crippen LogP contribution in [0.2, 0.25) is 0 Å². The molecule has 2 N–H and O–H groups in total. The number of pyridine rings is 1. The molecule has 1 aliphatic carbocycles. The Labute approximate surface area is 120 Å². The smallest absolute Gasteiger partial charge is 0.0951 e. The zero-order valence-corrected chi connectivity index (χ0v) is 12.0.